The van der Waals surface area contributed by atoms with Crippen molar-refractivity contribution in [3.63, 3.8) is 0 Å². The molecular formula is C14H12ClN3. The van der Waals surface area contributed by atoms with Crippen LogP contribution in [0.25, 0.3) is 22.6 Å². The zero-order valence-electron chi connectivity index (χ0n) is 10.2. The van der Waals surface area contributed by atoms with Crippen molar-refractivity contribution in [2.45, 2.75) is 13.8 Å². The molecule has 0 atom stereocenters. The highest BCUT2D eigenvalue weighted by Gasteiger charge is 2.08. The molecule has 0 unspecified atom stereocenters. The summed E-state index contributed by atoms with van der Waals surface area (Å²) in [5.74, 6) is 0.803. The molecule has 0 bridgehead atoms. The summed E-state index contributed by atoms with van der Waals surface area (Å²) >= 11 is 6.07. The molecule has 1 N–H and O–H groups in total. The van der Waals surface area contributed by atoms with E-state index in [0.29, 0.717) is 0 Å². The number of hydrogen-bond acceptors (Lipinski definition) is 2. The topological polar surface area (TPSA) is 41.6 Å². The number of nitrogens with zero attached hydrogens (tertiary/aromatic N) is 2. The number of aromatic amines is 1. The molecule has 0 radical (unpaired) electrons. The molecule has 0 aliphatic heterocycles. The Labute approximate surface area is 110 Å². The Morgan fingerprint density at radius 3 is 2.72 bits per heavy atom. The molecule has 18 heavy (non-hydrogen) atoms. The van der Waals surface area contributed by atoms with Crippen molar-refractivity contribution in [1.29, 1.82) is 0 Å². The Kier molecular flexibility index (Phi) is 2.56. The molecule has 0 fully saturated rings. The number of aryl methyl sites for hydroxylation is 2. The lowest BCUT2D eigenvalue weighted by molar-refractivity contribution is 1.29. The maximum atomic E-state index is 6.07. The first-order valence-corrected chi connectivity index (χ1v) is 6.10. The summed E-state index contributed by atoms with van der Waals surface area (Å²) in [6.45, 7) is 4.05. The van der Waals surface area contributed by atoms with Gasteiger partial charge in [-0.2, -0.15) is 0 Å². The molecule has 2 aromatic heterocycles. The van der Waals surface area contributed by atoms with Crippen LogP contribution in [0.3, 0.4) is 0 Å². The fourth-order valence-corrected chi connectivity index (χ4v) is 2.33. The predicted molar refractivity (Wildman–Crippen MR) is 73.8 cm³/mol. The first-order valence-electron chi connectivity index (χ1n) is 5.72. The summed E-state index contributed by atoms with van der Waals surface area (Å²) in [4.78, 5) is 12.1. The number of H-pyrrole nitrogens is 1. The molecule has 1 aromatic carbocycles. The van der Waals surface area contributed by atoms with Gasteiger partial charge in [-0.15, -0.1) is 0 Å². The minimum Gasteiger partial charge on any atom is -0.336 e. The van der Waals surface area contributed by atoms with Crippen LogP contribution in [0, 0.1) is 13.8 Å². The molecule has 3 rings (SSSR count). The van der Waals surface area contributed by atoms with Crippen molar-refractivity contribution in [1.82, 2.24) is 15.0 Å². The van der Waals surface area contributed by atoms with Crippen LogP contribution in [-0.4, -0.2) is 15.0 Å². The predicted octanol–water partition coefficient (Wildman–Crippen LogP) is 3.90. The van der Waals surface area contributed by atoms with Crippen LogP contribution in [0.2, 0.25) is 5.02 Å². The summed E-state index contributed by atoms with van der Waals surface area (Å²) in [6, 6.07) is 7.85. The molecule has 3 nitrogen and oxygen atoms in total. The molecule has 2 heterocycles. The van der Waals surface area contributed by atoms with Gasteiger partial charge in [-0.3, -0.25) is 0 Å². The number of benzene rings is 1. The van der Waals surface area contributed by atoms with E-state index >= 15 is 0 Å². The fourth-order valence-electron chi connectivity index (χ4n) is 2.05. The van der Waals surface area contributed by atoms with Crippen molar-refractivity contribution in [3.05, 3.63) is 46.6 Å². The van der Waals surface area contributed by atoms with E-state index in [4.69, 9.17) is 11.6 Å². The normalized spacial score (nSPS) is 11.1. The molecule has 0 saturated heterocycles. The summed E-state index contributed by atoms with van der Waals surface area (Å²) in [5.41, 5.74) is 4.95. The summed E-state index contributed by atoms with van der Waals surface area (Å²) < 4.78 is 0. The molecule has 0 spiro atoms. The molecule has 0 aliphatic carbocycles. The van der Waals surface area contributed by atoms with Gasteiger partial charge in [-0.05, 0) is 49.2 Å². The standard InChI is InChI=1S/C14H12ClN3/c1-8-5-10(7-11(15)6-8)13-17-12-9(2)3-4-16-14(12)18-13/h3-7H,1-2H3,(H,16,17,18). The van der Waals surface area contributed by atoms with Gasteiger partial charge in [0.25, 0.3) is 0 Å². The van der Waals surface area contributed by atoms with Gasteiger partial charge in [0.1, 0.15) is 5.82 Å². The van der Waals surface area contributed by atoms with Crippen molar-refractivity contribution < 1.29 is 0 Å². The summed E-state index contributed by atoms with van der Waals surface area (Å²) in [7, 11) is 0. The zero-order chi connectivity index (χ0) is 12.7. The van der Waals surface area contributed by atoms with Crippen molar-refractivity contribution in [2.24, 2.45) is 0 Å². The van der Waals surface area contributed by atoms with E-state index in [-0.39, 0.29) is 0 Å². The van der Waals surface area contributed by atoms with Gasteiger partial charge < -0.3 is 4.98 Å². The first-order chi connectivity index (χ1) is 8.63. The van der Waals surface area contributed by atoms with E-state index in [1.54, 1.807) is 6.20 Å². The number of halogens is 1. The second-order valence-electron chi connectivity index (χ2n) is 4.43. The Bertz CT molecular complexity index is 711. The smallest absolute Gasteiger partial charge is 0.178 e. The Morgan fingerprint density at radius 1 is 1.17 bits per heavy atom. The second kappa shape index (κ2) is 4.10. The van der Waals surface area contributed by atoms with E-state index in [1.165, 1.54) is 0 Å². The van der Waals surface area contributed by atoms with Gasteiger partial charge in [0.15, 0.2) is 5.65 Å². The molecule has 0 amide bonds. The number of rotatable bonds is 1. The number of nitrogens with one attached hydrogen (secondary N) is 1. The Balaban J connectivity index is 2.22. The van der Waals surface area contributed by atoms with Crippen LogP contribution in [-0.2, 0) is 0 Å². The monoisotopic (exact) mass is 257 g/mol. The highest BCUT2D eigenvalue weighted by atomic mass is 35.5. The van der Waals surface area contributed by atoms with Gasteiger partial charge in [0.2, 0.25) is 0 Å². The SMILES string of the molecule is Cc1cc(Cl)cc(-c2nc3nccc(C)c3[nH]2)c1. The Hall–Kier alpha value is -1.87. The van der Waals surface area contributed by atoms with E-state index in [2.05, 4.69) is 21.0 Å². The van der Waals surface area contributed by atoms with Crippen molar-refractivity contribution >= 4 is 22.8 Å². The summed E-state index contributed by atoms with van der Waals surface area (Å²) in [6.07, 6.45) is 1.77. The van der Waals surface area contributed by atoms with Gasteiger partial charge in [-0.25, -0.2) is 9.97 Å². The Morgan fingerprint density at radius 2 is 2.00 bits per heavy atom. The number of fused-ring (bicyclic) bond motifs is 1. The van der Waals surface area contributed by atoms with E-state index < -0.39 is 0 Å². The minimum absolute atomic E-state index is 0.718. The molecule has 0 aliphatic rings. The van der Waals surface area contributed by atoms with E-state index in [9.17, 15) is 0 Å². The van der Waals surface area contributed by atoms with Gasteiger partial charge in [0.05, 0.1) is 5.52 Å². The second-order valence-corrected chi connectivity index (χ2v) is 4.87. The zero-order valence-corrected chi connectivity index (χ0v) is 10.9. The average Bonchev–Trinajstić information content (AvgIpc) is 2.73. The van der Waals surface area contributed by atoms with Gasteiger partial charge in [0, 0.05) is 16.8 Å². The van der Waals surface area contributed by atoms with Crippen LogP contribution in [0.4, 0.5) is 0 Å². The van der Waals surface area contributed by atoms with Gasteiger partial charge in [-0.1, -0.05) is 11.6 Å². The lowest BCUT2D eigenvalue weighted by Gasteiger charge is -2.00. The van der Waals surface area contributed by atoms with Crippen LogP contribution in [0.1, 0.15) is 11.1 Å². The quantitative estimate of drug-likeness (QED) is 0.718. The maximum absolute atomic E-state index is 6.07. The van der Waals surface area contributed by atoms with Crippen molar-refractivity contribution in [3.8, 4) is 11.4 Å². The third-order valence-corrected chi connectivity index (χ3v) is 3.13. The van der Waals surface area contributed by atoms with Gasteiger partial charge >= 0.3 is 0 Å². The lowest BCUT2D eigenvalue weighted by Crippen LogP contribution is -1.82. The van der Waals surface area contributed by atoms with E-state index in [1.807, 2.05) is 32.0 Å². The molecule has 90 valence electrons. The van der Waals surface area contributed by atoms with Crippen LogP contribution in [0.5, 0.6) is 0 Å². The van der Waals surface area contributed by atoms with Crippen LogP contribution < -0.4 is 0 Å². The number of hydrogen-bond donors (Lipinski definition) is 1. The van der Waals surface area contributed by atoms with Crippen LogP contribution in [0.15, 0.2) is 30.5 Å². The first kappa shape index (κ1) is 11.2. The fraction of sp³-hybridized carbons (Fsp3) is 0.143. The summed E-state index contributed by atoms with van der Waals surface area (Å²) in [5, 5.41) is 0.718. The minimum atomic E-state index is 0.718. The molecule has 4 heteroatoms. The molecule has 0 saturated carbocycles. The molecular weight excluding hydrogens is 246 g/mol. The number of imidazole rings is 1. The third kappa shape index (κ3) is 1.87. The van der Waals surface area contributed by atoms with Crippen molar-refractivity contribution in [2.75, 3.05) is 0 Å². The number of aromatic nitrogens is 3. The third-order valence-electron chi connectivity index (χ3n) is 2.92. The number of pyridine rings is 1. The highest BCUT2D eigenvalue weighted by Crippen LogP contribution is 2.25. The van der Waals surface area contributed by atoms with E-state index in [0.717, 1.165) is 38.7 Å². The highest BCUT2D eigenvalue weighted by molar-refractivity contribution is 6.30. The molecule has 3 aromatic rings. The largest absolute Gasteiger partial charge is 0.336 e. The average molecular weight is 258 g/mol. The van der Waals surface area contributed by atoms with Crippen LogP contribution >= 0.6 is 11.6 Å². The maximum Gasteiger partial charge on any atom is 0.178 e. The lowest BCUT2D eigenvalue weighted by atomic mass is 10.1.